The summed E-state index contributed by atoms with van der Waals surface area (Å²) in [6.45, 7) is 1.85. The molecule has 0 bridgehead atoms. The molecule has 4 heteroatoms. The lowest BCUT2D eigenvalue weighted by Gasteiger charge is -2.16. The van der Waals surface area contributed by atoms with Crippen LogP contribution in [-0.2, 0) is 6.54 Å². The van der Waals surface area contributed by atoms with Gasteiger partial charge in [0.2, 0.25) is 0 Å². The number of aromatic nitrogens is 2. The first-order chi connectivity index (χ1) is 16.7. The van der Waals surface area contributed by atoms with Gasteiger partial charge in [0.15, 0.2) is 0 Å². The molecule has 1 saturated carbocycles. The number of nitrogens with zero attached hydrogens (tertiary/aromatic N) is 2. The van der Waals surface area contributed by atoms with Gasteiger partial charge >= 0.3 is 0 Å². The molecule has 172 valence electrons. The number of rotatable bonds is 8. The maximum absolute atomic E-state index is 5.98. The average molecular weight is 468 g/mol. The molecule has 0 amide bonds. The minimum atomic E-state index is 0.732. The fourth-order valence-corrected chi connectivity index (χ4v) is 4.78. The summed E-state index contributed by atoms with van der Waals surface area (Å²) in [5.74, 6) is 8.18. The lowest BCUT2D eigenvalue weighted by atomic mass is 9.95. The summed E-state index contributed by atoms with van der Waals surface area (Å²) >= 11 is 5.98. The molecule has 0 spiro atoms. The monoisotopic (exact) mass is 467 g/mol. The second-order valence-corrected chi connectivity index (χ2v) is 9.82. The van der Waals surface area contributed by atoms with Crippen molar-refractivity contribution in [3.63, 3.8) is 0 Å². The van der Waals surface area contributed by atoms with Crippen molar-refractivity contribution in [1.29, 1.82) is 0 Å². The van der Waals surface area contributed by atoms with Crippen molar-refractivity contribution < 1.29 is 0 Å². The van der Waals surface area contributed by atoms with E-state index in [1.165, 1.54) is 36.6 Å². The van der Waals surface area contributed by atoms with Crippen LogP contribution in [0, 0.1) is 23.7 Å². The zero-order chi connectivity index (χ0) is 23.3. The highest BCUT2D eigenvalue weighted by atomic mass is 35.5. The molecule has 1 fully saturated rings. The summed E-state index contributed by atoms with van der Waals surface area (Å²) in [6, 6.07) is 20.4. The van der Waals surface area contributed by atoms with Crippen LogP contribution in [0.15, 0.2) is 73.1 Å². The molecular weight excluding hydrogens is 438 g/mol. The average Bonchev–Trinajstić information content (AvgIpc) is 3.59. The molecule has 34 heavy (non-hydrogen) atoms. The predicted octanol–water partition coefficient (Wildman–Crippen LogP) is 6.91. The van der Waals surface area contributed by atoms with Crippen molar-refractivity contribution in [2.75, 3.05) is 6.54 Å². The number of benzene rings is 2. The highest BCUT2D eigenvalue weighted by molar-refractivity contribution is 6.30. The van der Waals surface area contributed by atoms with E-state index >= 15 is 0 Å². The third-order valence-electron chi connectivity index (χ3n) is 6.76. The van der Waals surface area contributed by atoms with Crippen molar-refractivity contribution in [3.8, 4) is 23.0 Å². The maximum atomic E-state index is 5.98. The van der Waals surface area contributed by atoms with Gasteiger partial charge in [0.1, 0.15) is 5.69 Å². The van der Waals surface area contributed by atoms with Gasteiger partial charge in [0.25, 0.3) is 0 Å². The van der Waals surface area contributed by atoms with E-state index < -0.39 is 0 Å². The molecule has 2 aromatic heterocycles. The summed E-state index contributed by atoms with van der Waals surface area (Å²) in [4.78, 5) is 4.52. The lowest BCUT2D eigenvalue weighted by molar-refractivity contribution is 0.382. The minimum absolute atomic E-state index is 0.732. The molecule has 1 aliphatic rings. The van der Waals surface area contributed by atoms with Gasteiger partial charge in [-0.1, -0.05) is 48.6 Å². The van der Waals surface area contributed by atoms with Gasteiger partial charge in [-0.15, -0.1) is 0 Å². The molecule has 1 atom stereocenters. The normalized spacial score (nSPS) is 14.1. The van der Waals surface area contributed by atoms with E-state index in [2.05, 4.69) is 51.9 Å². The van der Waals surface area contributed by atoms with Gasteiger partial charge in [0, 0.05) is 46.0 Å². The van der Waals surface area contributed by atoms with Crippen LogP contribution in [0.2, 0.25) is 5.02 Å². The van der Waals surface area contributed by atoms with Crippen molar-refractivity contribution in [2.45, 2.75) is 38.6 Å². The highest BCUT2D eigenvalue weighted by Gasteiger charge is 2.25. The Labute approximate surface area is 207 Å². The van der Waals surface area contributed by atoms with Crippen molar-refractivity contribution in [3.05, 3.63) is 89.3 Å². The van der Waals surface area contributed by atoms with Crippen molar-refractivity contribution >= 4 is 22.5 Å². The van der Waals surface area contributed by atoms with Crippen LogP contribution in [0.3, 0.4) is 0 Å². The van der Waals surface area contributed by atoms with E-state index in [0.717, 1.165) is 58.8 Å². The Morgan fingerprint density at radius 1 is 0.971 bits per heavy atom. The van der Waals surface area contributed by atoms with E-state index in [-0.39, 0.29) is 0 Å². The topological polar surface area (TPSA) is 43.8 Å². The van der Waals surface area contributed by atoms with Gasteiger partial charge in [-0.3, -0.25) is 0 Å². The quantitative estimate of drug-likeness (QED) is 0.286. The number of fused-ring (bicyclic) bond motifs is 1. The molecule has 1 aliphatic carbocycles. The van der Waals surface area contributed by atoms with Gasteiger partial charge in [0.05, 0.1) is 0 Å². The summed E-state index contributed by atoms with van der Waals surface area (Å²) in [7, 11) is 0. The Hall–Kier alpha value is -3.06. The third kappa shape index (κ3) is 5.70. The van der Waals surface area contributed by atoms with E-state index in [4.69, 9.17) is 17.3 Å². The van der Waals surface area contributed by atoms with Crippen molar-refractivity contribution in [2.24, 2.45) is 17.6 Å². The largest absolute Gasteiger partial charge is 0.347 e. The number of aryl methyl sites for hydroxylation is 1. The number of hydrogen-bond donors (Lipinski definition) is 1. The van der Waals surface area contributed by atoms with Crippen LogP contribution in [0.4, 0.5) is 0 Å². The van der Waals surface area contributed by atoms with Crippen LogP contribution in [0.25, 0.3) is 22.0 Å². The second kappa shape index (κ2) is 10.5. The SMILES string of the molecule is NCCC(CCn1ccc2cc(C#Cc3ccc(-c4ccc(Cl)cc4)cn3)ccc21)CC1CC1. The molecule has 1 unspecified atom stereocenters. The summed E-state index contributed by atoms with van der Waals surface area (Å²) < 4.78 is 2.37. The zero-order valence-electron chi connectivity index (χ0n) is 19.4. The van der Waals surface area contributed by atoms with Crippen LogP contribution in [0.1, 0.15) is 43.4 Å². The summed E-state index contributed by atoms with van der Waals surface area (Å²) in [6.07, 6.45) is 10.6. The highest BCUT2D eigenvalue weighted by Crippen LogP contribution is 2.37. The Balaban J connectivity index is 1.25. The Morgan fingerprint density at radius 3 is 2.53 bits per heavy atom. The van der Waals surface area contributed by atoms with Crippen LogP contribution in [0.5, 0.6) is 0 Å². The van der Waals surface area contributed by atoms with Gasteiger partial charge in [-0.25, -0.2) is 4.98 Å². The van der Waals surface area contributed by atoms with Crippen molar-refractivity contribution in [1.82, 2.24) is 9.55 Å². The number of pyridine rings is 1. The summed E-state index contributed by atoms with van der Waals surface area (Å²) in [5, 5.41) is 1.96. The molecular formula is C30H30ClN3. The molecule has 5 rings (SSSR count). The van der Waals surface area contributed by atoms with E-state index in [0.29, 0.717) is 0 Å². The second-order valence-electron chi connectivity index (χ2n) is 9.38. The summed E-state index contributed by atoms with van der Waals surface area (Å²) in [5.41, 5.74) is 11.0. The first-order valence-electron chi connectivity index (χ1n) is 12.2. The van der Waals surface area contributed by atoms with Crippen LogP contribution >= 0.6 is 11.6 Å². The van der Waals surface area contributed by atoms with Gasteiger partial charge < -0.3 is 10.3 Å². The Kier molecular flexibility index (Phi) is 7.00. The van der Waals surface area contributed by atoms with Crippen LogP contribution < -0.4 is 5.73 Å². The molecule has 2 N–H and O–H groups in total. The minimum Gasteiger partial charge on any atom is -0.347 e. The Bertz CT molecular complexity index is 1310. The zero-order valence-corrected chi connectivity index (χ0v) is 20.1. The Morgan fingerprint density at radius 2 is 1.79 bits per heavy atom. The maximum Gasteiger partial charge on any atom is 0.113 e. The van der Waals surface area contributed by atoms with Gasteiger partial charge in [-0.2, -0.15) is 0 Å². The molecule has 2 aromatic carbocycles. The molecule has 4 aromatic rings. The number of nitrogens with two attached hydrogens (primary N) is 1. The number of hydrogen-bond acceptors (Lipinski definition) is 2. The molecule has 0 radical (unpaired) electrons. The molecule has 2 heterocycles. The first kappa shape index (κ1) is 22.7. The van der Waals surface area contributed by atoms with E-state index in [1.807, 2.05) is 42.6 Å². The smallest absolute Gasteiger partial charge is 0.113 e. The predicted molar refractivity (Wildman–Crippen MR) is 142 cm³/mol. The fraction of sp³-hybridized carbons (Fsp3) is 0.300. The van der Waals surface area contributed by atoms with E-state index in [9.17, 15) is 0 Å². The lowest BCUT2D eigenvalue weighted by Crippen LogP contribution is -2.12. The first-order valence-corrected chi connectivity index (χ1v) is 12.6. The van der Waals surface area contributed by atoms with E-state index in [1.54, 1.807) is 0 Å². The third-order valence-corrected chi connectivity index (χ3v) is 7.02. The van der Waals surface area contributed by atoms with Crippen LogP contribution in [-0.4, -0.2) is 16.1 Å². The van der Waals surface area contributed by atoms with Gasteiger partial charge in [-0.05, 0) is 91.6 Å². The molecule has 0 aliphatic heterocycles. The molecule has 0 saturated heterocycles. The fourth-order valence-electron chi connectivity index (χ4n) is 4.65. The standard InChI is InChI=1S/C30H30ClN3/c31-28-8-5-25(6-9-28)27-7-11-29(33-21-27)10-3-23-4-12-30-26(20-23)15-18-34(30)17-14-24(13-16-32)19-22-1-2-22/h4-9,11-12,15,18,20-22,24H,1-2,13-14,16-17,19,32H2. The molecule has 3 nitrogen and oxygen atoms in total. The number of halogens is 1.